The van der Waals surface area contributed by atoms with E-state index in [4.69, 9.17) is 4.74 Å². The Kier molecular flexibility index (Phi) is 3.96. The van der Waals surface area contributed by atoms with Gasteiger partial charge in [0.1, 0.15) is 6.26 Å². The second-order valence-corrected chi connectivity index (χ2v) is 3.96. The molecular formula is C12H13NO6. The zero-order chi connectivity index (χ0) is 13.8. The van der Waals surface area contributed by atoms with Gasteiger partial charge in [0, 0.05) is 12.6 Å². The molecule has 1 fully saturated rings. The highest BCUT2D eigenvalue weighted by Gasteiger charge is 2.34. The maximum Gasteiger partial charge on any atom is 0.335 e. The Labute approximate surface area is 108 Å². The van der Waals surface area contributed by atoms with E-state index in [2.05, 4.69) is 9.15 Å². The maximum absolute atomic E-state index is 12.2. The third-order valence-electron chi connectivity index (χ3n) is 2.81. The van der Waals surface area contributed by atoms with Gasteiger partial charge in [0.2, 0.25) is 0 Å². The fraction of sp³-hybridized carbons (Fsp3) is 0.417. The highest BCUT2D eigenvalue weighted by atomic mass is 16.5. The van der Waals surface area contributed by atoms with Crippen LogP contribution in [-0.2, 0) is 14.3 Å². The van der Waals surface area contributed by atoms with Gasteiger partial charge >= 0.3 is 11.6 Å². The molecular weight excluding hydrogens is 254 g/mol. The number of hydrogen-bond donors (Lipinski definition) is 0. The number of rotatable bonds is 2. The summed E-state index contributed by atoms with van der Waals surface area (Å²) >= 11 is 0. The Balaban J connectivity index is 2.22. The van der Waals surface area contributed by atoms with Gasteiger partial charge < -0.3 is 18.8 Å². The molecule has 1 unspecified atom stereocenters. The minimum absolute atomic E-state index is 0.0925. The summed E-state index contributed by atoms with van der Waals surface area (Å²) < 4.78 is 14.5. The number of morpholine rings is 1. The molecule has 1 aromatic heterocycles. The maximum atomic E-state index is 12.2. The summed E-state index contributed by atoms with van der Waals surface area (Å²) in [6.45, 7) is 0.711. The first-order chi connectivity index (χ1) is 9.13. The van der Waals surface area contributed by atoms with Crippen LogP contribution in [0.3, 0.4) is 0 Å². The highest BCUT2D eigenvalue weighted by molar-refractivity contribution is 5.96. The monoisotopic (exact) mass is 267 g/mol. The van der Waals surface area contributed by atoms with Crippen LogP contribution in [0.1, 0.15) is 10.4 Å². The molecule has 1 amide bonds. The fourth-order valence-corrected chi connectivity index (χ4v) is 1.82. The Morgan fingerprint density at radius 3 is 2.84 bits per heavy atom. The van der Waals surface area contributed by atoms with E-state index in [0.717, 1.165) is 12.3 Å². The van der Waals surface area contributed by atoms with Crippen molar-refractivity contribution in [1.82, 2.24) is 4.90 Å². The van der Waals surface area contributed by atoms with Crippen molar-refractivity contribution < 1.29 is 23.5 Å². The molecule has 1 aliphatic rings. The van der Waals surface area contributed by atoms with Gasteiger partial charge in [0.05, 0.1) is 25.9 Å². The summed E-state index contributed by atoms with van der Waals surface area (Å²) in [4.78, 5) is 36.0. The first-order valence-electron chi connectivity index (χ1n) is 5.69. The van der Waals surface area contributed by atoms with Crippen LogP contribution in [0.15, 0.2) is 27.6 Å². The molecule has 0 N–H and O–H groups in total. The number of nitrogens with zero attached hydrogens (tertiary/aromatic N) is 1. The number of carbonyl (C=O) groups excluding carboxylic acids is 2. The zero-order valence-electron chi connectivity index (χ0n) is 10.3. The summed E-state index contributed by atoms with van der Waals surface area (Å²) in [5, 5.41) is 0. The van der Waals surface area contributed by atoms with Crippen molar-refractivity contribution in [3.8, 4) is 0 Å². The lowest BCUT2D eigenvalue weighted by molar-refractivity contribution is -0.151. The number of esters is 1. The molecule has 102 valence electrons. The Morgan fingerprint density at radius 1 is 1.42 bits per heavy atom. The van der Waals surface area contributed by atoms with E-state index in [0.29, 0.717) is 6.61 Å². The number of amides is 1. The molecule has 1 saturated heterocycles. The molecule has 0 bridgehead atoms. The van der Waals surface area contributed by atoms with E-state index in [1.807, 2.05) is 0 Å². The van der Waals surface area contributed by atoms with E-state index >= 15 is 0 Å². The van der Waals surface area contributed by atoms with Gasteiger partial charge in [-0.1, -0.05) is 0 Å². The van der Waals surface area contributed by atoms with Crippen molar-refractivity contribution in [1.29, 1.82) is 0 Å². The van der Waals surface area contributed by atoms with Gasteiger partial charge in [-0.3, -0.25) is 4.79 Å². The van der Waals surface area contributed by atoms with Gasteiger partial charge in [-0.05, 0) is 6.07 Å². The van der Waals surface area contributed by atoms with Crippen LogP contribution in [-0.4, -0.2) is 49.7 Å². The molecule has 0 radical (unpaired) electrons. The van der Waals surface area contributed by atoms with E-state index in [-0.39, 0.29) is 18.7 Å². The van der Waals surface area contributed by atoms with Crippen molar-refractivity contribution in [2.45, 2.75) is 6.04 Å². The molecule has 0 aliphatic carbocycles. The minimum atomic E-state index is -0.779. The van der Waals surface area contributed by atoms with Gasteiger partial charge in [0.25, 0.3) is 5.91 Å². The average Bonchev–Trinajstić information content (AvgIpc) is 2.46. The van der Waals surface area contributed by atoms with Crippen molar-refractivity contribution in [3.05, 3.63) is 34.4 Å². The molecule has 7 nitrogen and oxygen atoms in total. The molecule has 19 heavy (non-hydrogen) atoms. The molecule has 1 atom stereocenters. The normalized spacial score (nSPS) is 19.0. The average molecular weight is 267 g/mol. The molecule has 1 aromatic rings. The van der Waals surface area contributed by atoms with Crippen molar-refractivity contribution in [3.63, 3.8) is 0 Å². The predicted octanol–water partition coefficient (Wildman–Crippen LogP) is -0.346. The second-order valence-electron chi connectivity index (χ2n) is 3.96. The predicted molar refractivity (Wildman–Crippen MR) is 62.6 cm³/mol. The quantitative estimate of drug-likeness (QED) is 0.681. The number of ether oxygens (including phenoxy) is 2. The zero-order valence-corrected chi connectivity index (χ0v) is 10.3. The number of hydrogen-bond acceptors (Lipinski definition) is 6. The summed E-state index contributed by atoms with van der Waals surface area (Å²) in [6, 6.07) is 1.73. The standard InChI is InChI=1S/C12H13NO6/c1-17-12(16)9-7-18-5-4-13(9)11(15)8-2-3-10(14)19-6-8/h2-3,6,9H,4-5,7H2,1H3. The van der Waals surface area contributed by atoms with Crippen LogP contribution in [0.5, 0.6) is 0 Å². The molecule has 0 saturated carbocycles. The van der Waals surface area contributed by atoms with Crippen molar-refractivity contribution in [2.24, 2.45) is 0 Å². The number of carbonyl (C=O) groups is 2. The van der Waals surface area contributed by atoms with E-state index in [1.165, 1.54) is 18.1 Å². The molecule has 0 aromatic carbocycles. The first-order valence-corrected chi connectivity index (χ1v) is 5.69. The van der Waals surface area contributed by atoms with Crippen LogP contribution in [0.4, 0.5) is 0 Å². The largest absolute Gasteiger partial charge is 0.467 e. The van der Waals surface area contributed by atoms with E-state index in [1.54, 1.807) is 0 Å². The summed E-state index contributed by atoms with van der Waals surface area (Å²) in [6.07, 6.45) is 1.08. The van der Waals surface area contributed by atoms with Crippen LogP contribution < -0.4 is 5.63 Å². The third kappa shape index (κ3) is 2.82. The van der Waals surface area contributed by atoms with E-state index < -0.39 is 23.5 Å². The van der Waals surface area contributed by atoms with Crippen LogP contribution in [0.2, 0.25) is 0 Å². The SMILES string of the molecule is COC(=O)C1COCCN1C(=O)c1ccc(=O)oc1. The molecule has 1 aliphatic heterocycles. The smallest absolute Gasteiger partial charge is 0.335 e. The Morgan fingerprint density at radius 2 is 2.21 bits per heavy atom. The van der Waals surface area contributed by atoms with Crippen LogP contribution in [0.25, 0.3) is 0 Å². The van der Waals surface area contributed by atoms with E-state index in [9.17, 15) is 14.4 Å². The Hall–Kier alpha value is -2.15. The third-order valence-corrected chi connectivity index (χ3v) is 2.81. The van der Waals surface area contributed by atoms with Crippen molar-refractivity contribution in [2.75, 3.05) is 26.9 Å². The minimum Gasteiger partial charge on any atom is -0.467 e. The lowest BCUT2D eigenvalue weighted by atomic mass is 10.2. The Bertz CT molecular complexity index is 517. The number of methoxy groups -OCH3 is 1. The molecule has 7 heteroatoms. The van der Waals surface area contributed by atoms with Gasteiger partial charge in [-0.2, -0.15) is 0 Å². The first kappa shape index (κ1) is 13.3. The fourth-order valence-electron chi connectivity index (χ4n) is 1.82. The van der Waals surface area contributed by atoms with Crippen LogP contribution >= 0.6 is 0 Å². The summed E-state index contributed by atoms with van der Waals surface area (Å²) in [7, 11) is 1.25. The summed E-state index contributed by atoms with van der Waals surface area (Å²) in [5.41, 5.74) is -0.335. The summed E-state index contributed by atoms with van der Waals surface area (Å²) in [5.74, 6) is -0.937. The lowest BCUT2D eigenvalue weighted by Gasteiger charge is -2.33. The topological polar surface area (TPSA) is 86.0 Å². The second kappa shape index (κ2) is 5.66. The molecule has 2 heterocycles. The molecule has 2 rings (SSSR count). The van der Waals surface area contributed by atoms with Gasteiger partial charge in [0.15, 0.2) is 6.04 Å². The van der Waals surface area contributed by atoms with Gasteiger partial charge in [-0.25, -0.2) is 9.59 Å². The van der Waals surface area contributed by atoms with Crippen molar-refractivity contribution >= 4 is 11.9 Å². The van der Waals surface area contributed by atoms with Gasteiger partial charge in [-0.15, -0.1) is 0 Å². The van der Waals surface area contributed by atoms with Crippen LogP contribution in [0, 0.1) is 0 Å². The highest BCUT2D eigenvalue weighted by Crippen LogP contribution is 2.13. The lowest BCUT2D eigenvalue weighted by Crippen LogP contribution is -2.53. The molecule has 0 spiro atoms.